The van der Waals surface area contributed by atoms with Gasteiger partial charge in [0, 0.05) is 6.42 Å². The lowest BCUT2D eigenvalue weighted by molar-refractivity contribution is -0.108. The fraction of sp³-hybridized carbons (Fsp3) is 0.941. The van der Waals surface area contributed by atoms with Crippen LogP contribution in [0, 0.1) is 5.92 Å². The van der Waals surface area contributed by atoms with Crippen molar-refractivity contribution in [3.63, 3.8) is 0 Å². The van der Waals surface area contributed by atoms with Crippen LogP contribution in [0.15, 0.2) is 0 Å². The highest BCUT2D eigenvalue weighted by molar-refractivity contribution is 5.49. The molecule has 0 saturated heterocycles. The van der Waals surface area contributed by atoms with E-state index in [1.807, 2.05) is 0 Å². The minimum Gasteiger partial charge on any atom is -0.303 e. The number of carbonyl (C=O) groups is 1. The normalized spacial score (nSPS) is 12.6. The van der Waals surface area contributed by atoms with Gasteiger partial charge in [-0.25, -0.2) is 0 Å². The van der Waals surface area contributed by atoms with Crippen LogP contribution in [0.1, 0.15) is 97.3 Å². The summed E-state index contributed by atoms with van der Waals surface area (Å²) < 4.78 is 0. The van der Waals surface area contributed by atoms with Crippen LogP contribution in [0.5, 0.6) is 0 Å². The molecule has 0 aliphatic rings. The van der Waals surface area contributed by atoms with Crippen LogP contribution in [0.3, 0.4) is 0 Å². The molecule has 0 saturated carbocycles. The summed E-state index contributed by atoms with van der Waals surface area (Å²) in [5.74, 6) is 0.740. The number of carbonyl (C=O) groups excluding carboxylic acids is 1. The Morgan fingerprint density at radius 1 is 0.778 bits per heavy atom. The van der Waals surface area contributed by atoms with E-state index in [1.165, 1.54) is 70.6 Å². The monoisotopic (exact) mass is 254 g/mol. The van der Waals surface area contributed by atoms with Gasteiger partial charge in [-0.2, -0.15) is 0 Å². The first kappa shape index (κ1) is 17.7. The van der Waals surface area contributed by atoms with E-state index in [1.54, 1.807) is 0 Å². The third-order valence-corrected chi connectivity index (χ3v) is 3.83. The Kier molecular flexibility index (Phi) is 14.5. The maximum Gasteiger partial charge on any atom is 0.120 e. The molecule has 1 nitrogen and oxygen atoms in total. The van der Waals surface area contributed by atoms with Crippen LogP contribution in [0.25, 0.3) is 0 Å². The molecule has 0 amide bonds. The summed E-state index contributed by atoms with van der Waals surface area (Å²) in [5, 5.41) is 0. The second-order valence-electron chi connectivity index (χ2n) is 5.82. The summed E-state index contributed by atoms with van der Waals surface area (Å²) in [5.41, 5.74) is 0. The van der Waals surface area contributed by atoms with Gasteiger partial charge >= 0.3 is 0 Å². The summed E-state index contributed by atoms with van der Waals surface area (Å²) in [6, 6.07) is 0. The van der Waals surface area contributed by atoms with Crippen molar-refractivity contribution in [3.8, 4) is 0 Å². The van der Waals surface area contributed by atoms with Gasteiger partial charge < -0.3 is 4.79 Å². The smallest absolute Gasteiger partial charge is 0.120 e. The summed E-state index contributed by atoms with van der Waals surface area (Å²) in [6.07, 6.45) is 18.3. The first-order chi connectivity index (χ1) is 8.81. The molecule has 0 aromatic carbocycles. The van der Waals surface area contributed by atoms with Gasteiger partial charge in [0.25, 0.3) is 0 Å². The van der Waals surface area contributed by atoms with Gasteiger partial charge in [-0.15, -0.1) is 0 Å². The van der Waals surface area contributed by atoms with E-state index >= 15 is 0 Å². The Labute approximate surface area is 115 Å². The van der Waals surface area contributed by atoms with Gasteiger partial charge in [-0.3, -0.25) is 0 Å². The highest BCUT2D eigenvalue weighted by Crippen LogP contribution is 2.16. The second kappa shape index (κ2) is 14.7. The van der Waals surface area contributed by atoms with Crippen molar-refractivity contribution in [2.45, 2.75) is 97.3 Å². The SMILES string of the molecule is CCCCCCCCCCCCC(C)CCC=O. The van der Waals surface area contributed by atoms with Crippen LogP contribution in [0.2, 0.25) is 0 Å². The Balaban J connectivity index is 3.04. The summed E-state index contributed by atoms with van der Waals surface area (Å²) >= 11 is 0. The average Bonchev–Trinajstić information content (AvgIpc) is 2.38. The maximum absolute atomic E-state index is 10.3. The molecule has 0 spiro atoms. The molecule has 18 heavy (non-hydrogen) atoms. The molecule has 108 valence electrons. The molecule has 1 unspecified atom stereocenters. The Bertz CT molecular complexity index is 165. The number of rotatable bonds is 14. The molecule has 0 fully saturated rings. The minimum absolute atomic E-state index is 0.740. The Morgan fingerprint density at radius 2 is 1.28 bits per heavy atom. The molecular formula is C17H34O. The van der Waals surface area contributed by atoms with Crippen molar-refractivity contribution in [1.29, 1.82) is 0 Å². The second-order valence-corrected chi connectivity index (χ2v) is 5.82. The van der Waals surface area contributed by atoms with Crippen molar-refractivity contribution in [2.24, 2.45) is 5.92 Å². The average molecular weight is 254 g/mol. The zero-order chi connectivity index (χ0) is 13.5. The van der Waals surface area contributed by atoms with Crippen LogP contribution >= 0.6 is 0 Å². The standard InChI is InChI=1S/C17H34O/c1-3-4-5-6-7-8-9-10-11-12-14-17(2)15-13-16-18/h16-17H,3-15H2,1-2H3. The molecule has 0 aliphatic heterocycles. The third kappa shape index (κ3) is 13.7. The maximum atomic E-state index is 10.3. The first-order valence-corrected chi connectivity index (χ1v) is 8.24. The molecule has 1 atom stereocenters. The first-order valence-electron chi connectivity index (χ1n) is 8.24. The highest BCUT2D eigenvalue weighted by Gasteiger charge is 2.01. The van der Waals surface area contributed by atoms with E-state index in [0.717, 1.165) is 25.0 Å². The van der Waals surface area contributed by atoms with E-state index in [4.69, 9.17) is 0 Å². The van der Waals surface area contributed by atoms with Gasteiger partial charge in [0.2, 0.25) is 0 Å². The Morgan fingerprint density at radius 3 is 1.78 bits per heavy atom. The molecule has 0 aliphatic carbocycles. The number of aldehydes is 1. The van der Waals surface area contributed by atoms with Crippen LogP contribution in [-0.4, -0.2) is 6.29 Å². The van der Waals surface area contributed by atoms with E-state index in [9.17, 15) is 4.79 Å². The molecule has 0 aromatic heterocycles. The van der Waals surface area contributed by atoms with E-state index < -0.39 is 0 Å². The molecule has 0 N–H and O–H groups in total. The number of hydrogen-bond donors (Lipinski definition) is 0. The lowest BCUT2D eigenvalue weighted by Crippen LogP contribution is -1.95. The molecular weight excluding hydrogens is 220 g/mol. The lowest BCUT2D eigenvalue weighted by Gasteiger charge is -2.08. The van der Waals surface area contributed by atoms with Crippen molar-refractivity contribution in [2.75, 3.05) is 0 Å². The Hall–Kier alpha value is -0.330. The molecule has 0 bridgehead atoms. The van der Waals surface area contributed by atoms with Crippen LogP contribution < -0.4 is 0 Å². The fourth-order valence-corrected chi connectivity index (χ4v) is 2.48. The minimum atomic E-state index is 0.740. The topological polar surface area (TPSA) is 17.1 Å². The molecule has 0 rings (SSSR count). The van der Waals surface area contributed by atoms with Crippen molar-refractivity contribution >= 4 is 6.29 Å². The van der Waals surface area contributed by atoms with Crippen LogP contribution in [-0.2, 0) is 4.79 Å². The highest BCUT2D eigenvalue weighted by atomic mass is 16.1. The number of unbranched alkanes of at least 4 members (excludes halogenated alkanes) is 9. The summed E-state index contributed by atoms with van der Waals surface area (Å²) in [6.45, 7) is 4.55. The van der Waals surface area contributed by atoms with E-state index in [2.05, 4.69) is 13.8 Å². The van der Waals surface area contributed by atoms with Gasteiger partial charge in [-0.1, -0.05) is 84.5 Å². The van der Waals surface area contributed by atoms with E-state index in [0.29, 0.717) is 0 Å². The van der Waals surface area contributed by atoms with Crippen LogP contribution in [0.4, 0.5) is 0 Å². The third-order valence-electron chi connectivity index (χ3n) is 3.83. The fourth-order valence-electron chi connectivity index (χ4n) is 2.48. The summed E-state index contributed by atoms with van der Waals surface area (Å²) in [4.78, 5) is 10.3. The van der Waals surface area contributed by atoms with Gasteiger partial charge in [0.05, 0.1) is 0 Å². The molecule has 0 aromatic rings. The predicted molar refractivity (Wildman–Crippen MR) is 80.9 cm³/mol. The van der Waals surface area contributed by atoms with Gasteiger partial charge in [0.15, 0.2) is 0 Å². The lowest BCUT2D eigenvalue weighted by atomic mass is 9.97. The van der Waals surface area contributed by atoms with E-state index in [-0.39, 0.29) is 0 Å². The largest absolute Gasteiger partial charge is 0.303 e. The van der Waals surface area contributed by atoms with Gasteiger partial charge in [-0.05, 0) is 12.3 Å². The predicted octanol–water partition coefficient (Wildman–Crippen LogP) is 5.91. The van der Waals surface area contributed by atoms with Crippen molar-refractivity contribution in [3.05, 3.63) is 0 Å². The molecule has 0 radical (unpaired) electrons. The zero-order valence-electron chi connectivity index (χ0n) is 12.8. The number of hydrogen-bond acceptors (Lipinski definition) is 1. The van der Waals surface area contributed by atoms with Crippen molar-refractivity contribution in [1.82, 2.24) is 0 Å². The zero-order valence-corrected chi connectivity index (χ0v) is 12.8. The molecule has 0 heterocycles. The molecule has 1 heteroatoms. The van der Waals surface area contributed by atoms with Gasteiger partial charge in [0.1, 0.15) is 6.29 Å². The van der Waals surface area contributed by atoms with Crippen molar-refractivity contribution < 1.29 is 4.79 Å². The quantitative estimate of drug-likeness (QED) is 0.278. The summed E-state index contributed by atoms with van der Waals surface area (Å²) in [7, 11) is 0.